The van der Waals surface area contributed by atoms with Gasteiger partial charge in [-0.1, -0.05) is 13.3 Å². The number of nitrogens with zero attached hydrogens (tertiary/aromatic N) is 1. The van der Waals surface area contributed by atoms with Crippen LogP contribution in [-0.2, 0) is 6.42 Å². The van der Waals surface area contributed by atoms with E-state index in [4.69, 9.17) is 0 Å². The SMILES string of the molecule is CCCCC(=O)c1ccc2c(c1)CCN2CC. The van der Waals surface area contributed by atoms with Crippen LogP contribution in [0.25, 0.3) is 0 Å². The number of carbonyl (C=O) groups is 1. The van der Waals surface area contributed by atoms with Gasteiger partial charge in [0.1, 0.15) is 0 Å². The first-order chi connectivity index (χ1) is 8.26. The van der Waals surface area contributed by atoms with Crippen molar-refractivity contribution in [1.29, 1.82) is 0 Å². The van der Waals surface area contributed by atoms with E-state index in [2.05, 4.69) is 30.9 Å². The molecule has 0 amide bonds. The molecule has 92 valence electrons. The first kappa shape index (κ1) is 12.2. The van der Waals surface area contributed by atoms with Crippen molar-refractivity contribution in [3.63, 3.8) is 0 Å². The summed E-state index contributed by atoms with van der Waals surface area (Å²) in [6.07, 6.45) is 3.85. The van der Waals surface area contributed by atoms with Gasteiger partial charge in [0, 0.05) is 30.8 Å². The van der Waals surface area contributed by atoms with Crippen LogP contribution in [-0.4, -0.2) is 18.9 Å². The summed E-state index contributed by atoms with van der Waals surface area (Å²) < 4.78 is 0. The predicted octanol–water partition coefficient (Wildman–Crippen LogP) is 3.44. The topological polar surface area (TPSA) is 20.3 Å². The van der Waals surface area contributed by atoms with E-state index in [0.29, 0.717) is 12.2 Å². The third-order valence-electron chi connectivity index (χ3n) is 3.53. The summed E-state index contributed by atoms with van der Waals surface area (Å²) in [5, 5.41) is 0. The number of carbonyl (C=O) groups excluding carboxylic acids is 1. The number of hydrogen-bond donors (Lipinski definition) is 0. The molecule has 0 spiro atoms. The minimum Gasteiger partial charge on any atom is -0.371 e. The largest absolute Gasteiger partial charge is 0.371 e. The van der Waals surface area contributed by atoms with Crippen LogP contribution >= 0.6 is 0 Å². The fourth-order valence-electron chi connectivity index (χ4n) is 2.45. The summed E-state index contributed by atoms with van der Waals surface area (Å²) in [7, 11) is 0. The number of anilines is 1. The average Bonchev–Trinajstić information content (AvgIpc) is 2.77. The lowest BCUT2D eigenvalue weighted by molar-refractivity contribution is 0.0979. The Bertz CT molecular complexity index is 411. The molecule has 0 saturated carbocycles. The van der Waals surface area contributed by atoms with Crippen molar-refractivity contribution in [3.8, 4) is 0 Å². The second-order valence-electron chi connectivity index (χ2n) is 4.70. The molecular weight excluding hydrogens is 210 g/mol. The second-order valence-corrected chi connectivity index (χ2v) is 4.70. The Morgan fingerprint density at radius 3 is 2.88 bits per heavy atom. The van der Waals surface area contributed by atoms with Gasteiger partial charge in [-0.2, -0.15) is 0 Å². The monoisotopic (exact) mass is 231 g/mol. The molecule has 0 aromatic heterocycles. The highest BCUT2D eigenvalue weighted by Gasteiger charge is 2.18. The maximum atomic E-state index is 11.9. The van der Waals surface area contributed by atoms with Gasteiger partial charge >= 0.3 is 0 Å². The van der Waals surface area contributed by atoms with Crippen molar-refractivity contribution >= 4 is 11.5 Å². The van der Waals surface area contributed by atoms with E-state index in [-0.39, 0.29) is 0 Å². The smallest absolute Gasteiger partial charge is 0.162 e. The van der Waals surface area contributed by atoms with Crippen LogP contribution < -0.4 is 4.90 Å². The van der Waals surface area contributed by atoms with Crippen molar-refractivity contribution in [2.75, 3.05) is 18.0 Å². The predicted molar refractivity (Wildman–Crippen MR) is 71.9 cm³/mol. The van der Waals surface area contributed by atoms with E-state index in [1.54, 1.807) is 0 Å². The molecule has 2 rings (SSSR count). The van der Waals surface area contributed by atoms with Crippen molar-refractivity contribution in [2.24, 2.45) is 0 Å². The summed E-state index contributed by atoms with van der Waals surface area (Å²) >= 11 is 0. The van der Waals surface area contributed by atoms with E-state index in [9.17, 15) is 4.79 Å². The van der Waals surface area contributed by atoms with Crippen LogP contribution in [0.15, 0.2) is 18.2 Å². The fourth-order valence-corrected chi connectivity index (χ4v) is 2.45. The van der Waals surface area contributed by atoms with E-state index in [0.717, 1.165) is 37.9 Å². The Morgan fingerprint density at radius 1 is 1.35 bits per heavy atom. The first-order valence-electron chi connectivity index (χ1n) is 6.67. The molecule has 1 aromatic carbocycles. The minimum atomic E-state index is 0.296. The maximum absolute atomic E-state index is 11.9. The molecule has 2 heteroatoms. The Kier molecular flexibility index (Phi) is 3.82. The Labute approximate surface area is 104 Å². The van der Waals surface area contributed by atoms with Gasteiger partial charge in [0.2, 0.25) is 0 Å². The second kappa shape index (κ2) is 5.35. The van der Waals surface area contributed by atoms with Crippen LogP contribution in [0.3, 0.4) is 0 Å². The molecule has 0 N–H and O–H groups in total. The summed E-state index contributed by atoms with van der Waals surface area (Å²) in [5.74, 6) is 0.296. The maximum Gasteiger partial charge on any atom is 0.162 e. The summed E-state index contributed by atoms with van der Waals surface area (Å²) in [5.41, 5.74) is 3.56. The quantitative estimate of drug-likeness (QED) is 0.723. The van der Waals surface area contributed by atoms with Crippen LogP contribution in [0.4, 0.5) is 5.69 Å². The van der Waals surface area contributed by atoms with Gasteiger partial charge in [0.15, 0.2) is 5.78 Å². The number of unbranched alkanes of at least 4 members (excludes halogenated alkanes) is 1. The van der Waals surface area contributed by atoms with Gasteiger partial charge < -0.3 is 4.90 Å². The zero-order chi connectivity index (χ0) is 12.3. The molecular formula is C15H21NO. The van der Waals surface area contributed by atoms with Gasteiger partial charge in [-0.3, -0.25) is 4.79 Å². The summed E-state index contributed by atoms with van der Waals surface area (Å²) in [6.45, 7) is 6.44. The highest BCUT2D eigenvalue weighted by molar-refractivity contribution is 5.96. The number of likely N-dealkylation sites (N-methyl/N-ethyl adjacent to an activating group) is 1. The van der Waals surface area contributed by atoms with Crippen LogP contribution in [0.2, 0.25) is 0 Å². The third-order valence-corrected chi connectivity index (χ3v) is 3.53. The zero-order valence-electron chi connectivity index (χ0n) is 10.8. The van der Waals surface area contributed by atoms with E-state index in [1.165, 1.54) is 11.3 Å². The molecule has 1 aromatic rings. The molecule has 1 aliphatic heterocycles. The standard InChI is InChI=1S/C15H21NO/c1-3-5-6-15(17)13-7-8-14-12(11-13)9-10-16(14)4-2/h7-8,11H,3-6,9-10H2,1-2H3. The van der Waals surface area contributed by atoms with Crippen LogP contribution in [0.5, 0.6) is 0 Å². The average molecular weight is 231 g/mol. The highest BCUT2D eigenvalue weighted by Crippen LogP contribution is 2.28. The van der Waals surface area contributed by atoms with Crippen LogP contribution in [0.1, 0.15) is 49.0 Å². The van der Waals surface area contributed by atoms with Crippen molar-refractivity contribution in [3.05, 3.63) is 29.3 Å². The zero-order valence-corrected chi connectivity index (χ0v) is 10.8. The van der Waals surface area contributed by atoms with E-state index >= 15 is 0 Å². The molecule has 1 heterocycles. The number of ketones is 1. The number of Topliss-reactive ketones (excluding diaryl/α,β-unsaturated/α-hetero) is 1. The Balaban J connectivity index is 2.15. The molecule has 0 atom stereocenters. The van der Waals surface area contributed by atoms with Gasteiger partial charge in [0.05, 0.1) is 0 Å². The van der Waals surface area contributed by atoms with Crippen molar-refractivity contribution in [1.82, 2.24) is 0 Å². The number of rotatable bonds is 5. The third kappa shape index (κ3) is 2.51. The molecule has 0 fully saturated rings. The fraction of sp³-hybridized carbons (Fsp3) is 0.533. The normalized spacial score (nSPS) is 13.9. The summed E-state index contributed by atoms with van der Waals surface area (Å²) in [4.78, 5) is 14.3. The van der Waals surface area contributed by atoms with Crippen molar-refractivity contribution in [2.45, 2.75) is 39.5 Å². The van der Waals surface area contributed by atoms with Gasteiger partial charge in [-0.25, -0.2) is 0 Å². The highest BCUT2D eigenvalue weighted by atomic mass is 16.1. The van der Waals surface area contributed by atoms with Crippen molar-refractivity contribution < 1.29 is 4.79 Å². The van der Waals surface area contributed by atoms with Gasteiger partial charge in [-0.15, -0.1) is 0 Å². The molecule has 0 aliphatic carbocycles. The molecule has 1 aliphatic rings. The Morgan fingerprint density at radius 2 is 2.18 bits per heavy atom. The first-order valence-corrected chi connectivity index (χ1v) is 6.67. The molecule has 0 unspecified atom stereocenters. The number of hydrogen-bond acceptors (Lipinski definition) is 2. The molecule has 17 heavy (non-hydrogen) atoms. The lowest BCUT2D eigenvalue weighted by Crippen LogP contribution is -2.19. The van der Waals surface area contributed by atoms with Crippen LogP contribution in [0, 0.1) is 0 Å². The van der Waals surface area contributed by atoms with E-state index in [1.807, 2.05) is 6.07 Å². The Hall–Kier alpha value is -1.31. The van der Waals surface area contributed by atoms with E-state index < -0.39 is 0 Å². The summed E-state index contributed by atoms with van der Waals surface area (Å²) in [6, 6.07) is 6.21. The lowest BCUT2D eigenvalue weighted by atomic mass is 10.0. The molecule has 0 radical (unpaired) electrons. The number of benzene rings is 1. The lowest BCUT2D eigenvalue weighted by Gasteiger charge is -2.16. The molecule has 2 nitrogen and oxygen atoms in total. The molecule has 0 saturated heterocycles. The van der Waals surface area contributed by atoms with Gasteiger partial charge in [-0.05, 0) is 43.5 Å². The minimum absolute atomic E-state index is 0.296. The van der Waals surface area contributed by atoms with Gasteiger partial charge in [0.25, 0.3) is 0 Å². The molecule has 0 bridgehead atoms. The number of fused-ring (bicyclic) bond motifs is 1.